The van der Waals surface area contributed by atoms with Crippen LogP contribution in [0.5, 0.6) is 0 Å². The van der Waals surface area contributed by atoms with Crippen molar-refractivity contribution in [3.05, 3.63) is 101 Å². The van der Waals surface area contributed by atoms with Gasteiger partial charge in [-0.2, -0.15) is 0 Å². The van der Waals surface area contributed by atoms with Crippen molar-refractivity contribution < 1.29 is 14.4 Å². The maximum Gasteiger partial charge on any atom is 0.261 e. The molecule has 0 bridgehead atoms. The van der Waals surface area contributed by atoms with Crippen molar-refractivity contribution in [3.8, 4) is 0 Å². The summed E-state index contributed by atoms with van der Waals surface area (Å²) in [5.41, 5.74) is 3.08. The average molecular weight is 384 g/mol. The molecule has 5 heteroatoms. The second-order valence-corrected chi connectivity index (χ2v) is 6.92. The summed E-state index contributed by atoms with van der Waals surface area (Å²) in [6.07, 6.45) is 0. The predicted molar refractivity (Wildman–Crippen MR) is 111 cm³/mol. The molecule has 0 aromatic heterocycles. The zero-order valence-corrected chi connectivity index (χ0v) is 16.0. The van der Waals surface area contributed by atoms with E-state index in [9.17, 15) is 14.4 Å². The minimum absolute atomic E-state index is 0.124. The summed E-state index contributed by atoms with van der Waals surface area (Å²) >= 11 is 0. The molecule has 3 aromatic carbocycles. The first-order valence-corrected chi connectivity index (χ1v) is 9.45. The molecule has 0 radical (unpaired) electrons. The van der Waals surface area contributed by atoms with Crippen LogP contribution in [0.4, 0.5) is 5.69 Å². The Morgan fingerprint density at radius 1 is 0.793 bits per heavy atom. The lowest BCUT2D eigenvalue weighted by Gasteiger charge is -2.26. The van der Waals surface area contributed by atoms with Crippen LogP contribution in [0.3, 0.4) is 0 Å². The van der Waals surface area contributed by atoms with Gasteiger partial charge in [0, 0.05) is 24.3 Å². The number of amides is 3. The quantitative estimate of drug-likeness (QED) is 0.626. The van der Waals surface area contributed by atoms with Gasteiger partial charge >= 0.3 is 0 Å². The predicted octanol–water partition coefficient (Wildman–Crippen LogP) is 3.94. The summed E-state index contributed by atoms with van der Waals surface area (Å²) in [5, 5.41) is 0. The number of para-hydroxylation sites is 1. The van der Waals surface area contributed by atoms with E-state index in [4.69, 9.17) is 0 Å². The highest BCUT2D eigenvalue weighted by molar-refractivity contribution is 6.21. The van der Waals surface area contributed by atoms with Crippen molar-refractivity contribution in [2.45, 2.75) is 6.92 Å². The molecule has 5 nitrogen and oxygen atoms in total. The Bertz CT molecular complexity index is 1060. The Balaban J connectivity index is 1.62. The first-order chi connectivity index (χ1) is 14.1. The zero-order valence-electron chi connectivity index (χ0n) is 16.0. The molecule has 1 aliphatic heterocycles. The van der Waals surface area contributed by atoms with Crippen LogP contribution in [0, 0.1) is 6.92 Å². The first-order valence-electron chi connectivity index (χ1n) is 9.45. The highest BCUT2D eigenvalue weighted by Crippen LogP contribution is 2.25. The third-order valence-corrected chi connectivity index (χ3v) is 5.10. The number of anilines is 1. The minimum Gasteiger partial charge on any atom is -0.306 e. The van der Waals surface area contributed by atoms with Gasteiger partial charge in [-0.25, -0.2) is 0 Å². The molecule has 0 spiro atoms. The summed E-state index contributed by atoms with van der Waals surface area (Å²) in [6, 6.07) is 23.4. The number of carbonyl (C=O) groups is 3. The molecule has 29 heavy (non-hydrogen) atoms. The molecule has 144 valence electrons. The standard InChI is InChI=1S/C24H20N2O3/c1-17-9-5-8-14-21(17)25(22(27)18-10-3-2-4-11-18)15-16-26-23(28)19-12-6-7-13-20(19)24(26)29/h2-14H,15-16H2,1H3. The zero-order chi connectivity index (χ0) is 20.4. The summed E-state index contributed by atoms with van der Waals surface area (Å²) in [6.45, 7) is 2.27. The van der Waals surface area contributed by atoms with Crippen molar-refractivity contribution in [3.63, 3.8) is 0 Å². The number of hydrogen-bond acceptors (Lipinski definition) is 3. The molecule has 0 saturated heterocycles. The van der Waals surface area contributed by atoms with Crippen LogP contribution in [0.1, 0.15) is 36.6 Å². The van der Waals surface area contributed by atoms with E-state index >= 15 is 0 Å². The van der Waals surface area contributed by atoms with Gasteiger partial charge in [0.15, 0.2) is 0 Å². The second kappa shape index (κ2) is 7.72. The van der Waals surface area contributed by atoms with E-state index in [1.807, 2.05) is 49.4 Å². The fourth-order valence-corrected chi connectivity index (χ4v) is 3.58. The van der Waals surface area contributed by atoms with E-state index in [1.165, 1.54) is 4.90 Å². The van der Waals surface area contributed by atoms with Crippen LogP contribution < -0.4 is 4.90 Å². The van der Waals surface area contributed by atoms with Gasteiger partial charge in [-0.3, -0.25) is 19.3 Å². The first kappa shape index (κ1) is 18.6. The Hall–Kier alpha value is -3.73. The number of benzene rings is 3. The highest BCUT2D eigenvalue weighted by atomic mass is 16.2. The van der Waals surface area contributed by atoms with Gasteiger partial charge in [-0.1, -0.05) is 48.5 Å². The van der Waals surface area contributed by atoms with Crippen molar-refractivity contribution in [2.24, 2.45) is 0 Å². The van der Waals surface area contributed by atoms with E-state index in [0.717, 1.165) is 11.3 Å². The van der Waals surface area contributed by atoms with E-state index in [1.54, 1.807) is 41.3 Å². The molecule has 0 fully saturated rings. The Labute approximate surface area is 169 Å². The minimum atomic E-state index is -0.317. The number of rotatable bonds is 5. The molecule has 3 amide bonds. The number of aryl methyl sites for hydroxylation is 1. The van der Waals surface area contributed by atoms with Crippen LogP contribution >= 0.6 is 0 Å². The molecular weight excluding hydrogens is 364 g/mol. The summed E-state index contributed by atoms with van der Waals surface area (Å²) in [5.74, 6) is -0.804. The molecule has 3 aromatic rings. The number of carbonyl (C=O) groups excluding carboxylic acids is 3. The number of imide groups is 1. The third-order valence-electron chi connectivity index (χ3n) is 5.10. The van der Waals surface area contributed by atoms with Crippen molar-refractivity contribution in [1.82, 2.24) is 4.90 Å². The van der Waals surface area contributed by atoms with Crippen LogP contribution in [0.2, 0.25) is 0 Å². The van der Waals surface area contributed by atoms with E-state index in [0.29, 0.717) is 16.7 Å². The molecule has 1 heterocycles. The van der Waals surface area contributed by atoms with Crippen LogP contribution in [-0.2, 0) is 0 Å². The van der Waals surface area contributed by atoms with Gasteiger partial charge in [0.1, 0.15) is 0 Å². The molecule has 0 aliphatic carbocycles. The van der Waals surface area contributed by atoms with Gasteiger partial charge in [-0.05, 0) is 42.8 Å². The normalized spacial score (nSPS) is 12.8. The van der Waals surface area contributed by atoms with Gasteiger partial charge < -0.3 is 4.90 Å². The topological polar surface area (TPSA) is 57.7 Å². The van der Waals surface area contributed by atoms with Crippen molar-refractivity contribution >= 4 is 23.4 Å². The molecular formula is C24H20N2O3. The molecule has 4 rings (SSSR count). The van der Waals surface area contributed by atoms with Gasteiger partial charge in [0.05, 0.1) is 11.1 Å². The maximum absolute atomic E-state index is 13.2. The lowest BCUT2D eigenvalue weighted by atomic mass is 10.1. The Morgan fingerprint density at radius 3 is 1.97 bits per heavy atom. The lowest BCUT2D eigenvalue weighted by Crippen LogP contribution is -2.41. The molecule has 0 unspecified atom stereocenters. The molecule has 0 N–H and O–H groups in total. The van der Waals surface area contributed by atoms with E-state index < -0.39 is 0 Å². The lowest BCUT2D eigenvalue weighted by molar-refractivity contribution is 0.0654. The van der Waals surface area contributed by atoms with Gasteiger partial charge in [0.2, 0.25) is 0 Å². The largest absolute Gasteiger partial charge is 0.306 e. The Kier molecular flexibility index (Phi) is 4.96. The highest BCUT2D eigenvalue weighted by Gasteiger charge is 2.35. The van der Waals surface area contributed by atoms with Crippen LogP contribution in [-0.4, -0.2) is 35.7 Å². The fraction of sp³-hybridized carbons (Fsp3) is 0.125. The number of nitrogens with zero attached hydrogens (tertiary/aromatic N) is 2. The van der Waals surface area contributed by atoms with Crippen molar-refractivity contribution in [2.75, 3.05) is 18.0 Å². The number of fused-ring (bicyclic) bond motifs is 1. The molecule has 0 saturated carbocycles. The second-order valence-electron chi connectivity index (χ2n) is 6.92. The Morgan fingerprint density at radius 2 is 1.34 bits per heavy atom. The summed E-state index contributed by atoms with van der Waals surface area (Å²) < 4.78 is 0. The number of hydrogen-bond donors (Lipinski definition) is 0. The fourth-order valence-electron chi connectivity index (χ4n) is 3.58. The summed E-state index contributed by atoms with van der Waals surface area (Å²) in [4.78, 5) is 41.4. The van der Waals surface area contributed by atoms with Gasteiger partial charge in [-0.15, -0.1) is 0 Å². The van der Waals surface area contributed by atoms with Crippen LogP contribution in [0.15, 0.2) is 78.9 Å². The average Bonchev–Trinajstić information content (AvgIpc) is 3.00. The summed E-state index contributed by atoms with van der Waals surface area (Å²) in [7, 11) is 0. The molecule has 1 aliphatic rings. The van der Waals surface area contributed by atoms with E-state index in [-0.39, 0.29) is 30.8 Å². The van der Waals surface area contributed by atoms with Crippen LogP contribution in [0.25, 0.3) is 0 Å². The monoisotopic (exact) mass is 384 g/mol. The van der Waals surface area contributed by atoms with E-state index in [2.05, 4.69) is 0 Å². The molecule has 0 atom stereocenters. The van der Waals surface area contributed by atoms with Gasteiger partial charge in [0.25, 0.3) is 17.7 Å². The SMILES string of the molecule is Cc1ccccc1N(CCN1C(=O)c2ccccc2C1=O)C(=O)c1ccccc1. The smallest absolute Gasteiger partial charge is 0.261 e. The van der Waals surface area contributed by atoms with Crippen molar-refractivity contribution in [1.29, 1.82) is 0 Å². The third kappa shape index (κ3) is 3.43. The maximum atomic E-state index is 13.2.